The van der Waals surface area contributed by atoms with Crippen molar-refractivity contribution in [2.45, 2.75) is 6.54 Å². The van der Waals surface area contributed by atoms with Gasteiger partial charge in [0, 0.05) is 5.69 Å². The van der Waals surface area contributed by atoms with Gasteiger partial charge in [-0.1, -0.05) is 24.3 Å². The van der Waals surface area contributed by atoms with Crippen LogP contribution in [0.25, 0.3) is 10.8 Å². The highest BCUT2D eigenvalue weighted by Gasteiger charge is 2.25. The number of benzene rings is 3. The molecule has 5 nitrogen and oxygen atoms in total. The van der Waals surface area contributed by atoms with E-state index in [9.17, 15) is 14.3 Å². The monoisotopic (exact) mass is 395 g/mol. The first kappa shape index (κ1) is 19.2. The van der Waals surface area contributed by atoms with Gasteiger partial charge in [-0.2, -0.15) is 0 Å². The average Bonchev–Trinajstić information content (AvgIpc) is 2.76. The number of hydrogen-bond donors (Lipinski definition) is 2. The zero-order chi connectivity index (χ0) is 20.4. The maximum Gasteiger partial charge on any atom is 0.341 e. The molecule has 0 aliphatic carbocycles. The molecule has 1 saturated heterocycles. The Morgan fingerprint density at radius 3 is 2.52 bits per heavy atom. The van der Waals surface area contributed by atoms with Crippen LogP contribution in [-0.2, 0) is 11.3 Å². The lowest BCUT2D eigenvalue weighted by atomic mass is 9.98. The molecule has 6 heteroatoms. The number of nitrogens with one attached hydrogen (secondary N) is 1. The Hall–Kier alpha value is -3.12. The van der Waals surface area contributed by atoms with Gasteiger partial charge in [0.05, 0.1) is 38.9 Å². The van der Waals surface area contributed by atoms with E-state index in [1.807, 2.05) is 24.3 Å². The van der Waals surface area contributed by atoms with Gasteiger partial charge >= 0.3 is 5.97 Å². The van der Waals surface area contributed by atoms with Crippen molar-refractivity contribution < 1.29 is 23.9 Å². The molecular weight excluding hydrogens is 371 g/mol. The number of phenols is 1. The summed E-state index contributed by atoms with van der Waals surface area (Å²) in [4.78, 5) is 15.7. The molecule has 0 spiro atoms. The third-order valence-corrected chi connectivity index (χ3v) is 5.62. The number of piperazine rings is 1. The zero-order valence-corrected chi connectivity index (χ0v) is 16.3. The van der Waals surface area contributed by atoms with Crippen molar-refractivity contribution in [2.24, 2.45) is 0 Å². The van der Waals surface area contributed by atoms with Gasteiger partial charge < -0.3 is 19.6 Å². The number of halogens is 1. The molecule has 0 amide bonds. The molecule has 1 aliphatic heterocycles. The maximum atomic E-state index is 13.2. The molecule has 29 heavy (non-hydrogen) atoms. The number of rotatable bonds is 4. The number of quaternary nitrogens is 1. The van der Waals surface area contributed by atoms with E-state index in [0.717, 1.165) is 48.2 Å². The molecule has 1 fully saturated rings. The average molecular weight is 395 g/mol. The number of esters is 1. The topological polar surface area (TPSA) is 54.2 Å². The molecule has 150 valence electrons. The summed E-state index contributed by atoms with van der Waals surface area (Å²) in [5.74, 6) is -0.763. The Morgan fingerprint density at radius 2 is 1.83 bits per heavy atom. The Morgan fingerprint density at radius 1 is 1.14 bits per heavy atom. The van der Waals surface area contributed by atoms with E-state index in [2.05, 4.69) is 4.90 Å². The predicted octanol–water partition coefficient (Wildman–Crippen LogP) is 2.38. The molecule has 0 aromatic heterocycles. The number of fused-ring (bicyclic) bond motifs is 1. The molecule has 3 aromatic rings. The van der Waals surface area contributed by atoms with Crippen molar-refractivity contribution in [3.8, 4) is 5.75 Å². The van der Waals surface area contributed by atoms with Crippen LogP contribution >= 0.6 is 0 Å². The minimum atomic E-state index is -0.536. The molecule has 3 aromatic carbocycles. The van der Waals surface area contributed by atoms with Crippen LogP contribution in [-0.4, -0.2) is 44.4 Å². The summed E-state index contributed by atoms with van der Waals surface area (Å²) in [6.45, 7) is 4.07. The largest absolute Gasteiger partial charge is 0.507 e. The Balaban J connectivity index is 1.56. The fraction of sp³-hybridized carbons (Fsp3) is 0.261. The highest BCUT2D eigenvalue weighted by molar-refractivity contribution is 6.00. The van der Waals surface area contributed by atoms with E-state index in [-0.39, 0.29) is 17.1 Å². The Labute approximate surface area is 168 Å². The van der Waals surface area contributed by atoms with Crippen LogP contribution in [0.1, 0.15) is 15.9 Å². The van der Waals surface area contributed by atoms with E-state index >= 15 is 0 Å². The lowest BCUT2D eigenvalue weighted by Gasteiger charge is -2.34. The summed E-state index contributed by atoms with van der Waals surface area (Å²) in [5.41, 5.74) is 1.99. The molecule has 0 unspecified atom stereocenters. The van der Waals surface area contributed by atoms with Crippen molar-refractivity contribution in [2.75, 3.05) is 38.2 Å². The summed E-state index contributed by atoms with van der Waals surface area (Å²) in [6, 6.07) is 16.0. The first-order valence-corrected chi connectivity index (χ1v) is 9.73. The lowest BCUT2D eigenvalue weighted by Crippen LogP contribution is -3.13. The lowest BCUT2D eigenvalue weighted by molar-refractivity contribution is -0.914. The quantitative estimate of drug-likeness (QED) is 0.666. The van der Waals surface area contributed by atoms with Crippen LogP contribution in [0.3, 0.4) is 0 Å². The van der Waals surface area contributed by atoms with Crippen LogP contribution in [0, 0.1) is 5.82 Å². The number of aromatic hydroxyl groups is 1. The van der Waals surface area contributed by atoms with Gasteiger partial charge in [-0.3, -0.25) is 0 Å². The zero-order valence-electron chi connectivity index (χ0n) is 16.3. The van der Waals surface area contributed by atoms with Crippen LogP contribution in [0.4, 0.5) is 10.1 Å². The summed E-state index contributed by atoms with van der Waals surface area (Å²) < 4.78 is 18.0. The molecule has 0 saturated carbocycles. The molecule has 4 rings (SSSR count). The highest BCUT2D eigenvalue weighted by atomic mass is 19.1. The van der Waals surface area contributed by atoms with Crippen molar-refractivity contribution >= 4 is 22.4 Å². The van der Waals surface area contributed by atoms with Gasteiger partial charge in [0.25, 0.3) is 0 Å². The first-order chi connectivity index (χ1) is 14.1. The number of ether oxygens (including phenoxy) is 1. The summed E-state index contributed by atoms with van der Waals surface area (Å²) in [5, 5.41) is 12.7. The van der Waals surface area contributed by atoms with Gasteiger partial charge in [-0.05, 0) is 41.1 Å². The molecule has 0 bridgehead atoms. The van der Waals surface area contributed by atoms with E-state index in [4.69, 9.17) is 4.74 Å². The molecule has 1 aliphatic rings. The van der Waals surface area contributed by atoms with Gasteiger partial charge in [0.1, 0.15) is 23.7 Å². The van der Waals surface area contributed by atoms with Crippen molar-refractivity contribution in [1.82, 2.24) is 0 Å². The standard InChI is InChI=1S/C23H23FN2O3/c1-29-23(28)20-14-16-4-2-3-5-19(16)21(22(20)27)15-25-10-12-26(13-11-25)18-8-6-17(24)7-9-18/h2-9,14,27H,10-13,15H2,1H3/p+1. The number of anilines is 1. The van der Waals surface area contributed by atoms with Crippen molar-refractivity contribution in [3.05, 3.63) is 71.5 Å². The van der Waals surface area contributed by atoms with Gasteiger partial charge in [0.15, 0.2) is 0 Å². The predicted molar refractivity (Wildman–Crippen MR) is 110 cm³/mol. The second-order valence-electron chi connectivity index (χ2n) is 7.35. The maximum absolute atomic E-state index is 13.2. The van der Waals surface area contributed by atoms with Crippen molar-refractivity contribution in [1.29, 1.82) is 0 Å². The minimum Gasteiger partial charge on any atom is -0.507 e. The highest BCUT2D eigenvalue weighted by Crippen LogP contribution is 2.31. The first-order valence-electron chi connectivity index (χ1n) is 9.73. The number of phenolic OH excluding ortho intramolecular Hbond substituents is 1. The smallest absolute Gasteiger partial charge is 0.341 e. The minimum absolute atomic E-state index is 0.00372. The van der Waals surface area contributed by atoms with E-state index in [0.29, 0.717) is 6.54 Å². The second kappa shape index (κ2) is 8.09. The van der Waals surface area contributed by atoms with Crippen LogP contribution < -0.4 is 9.80 Å². The third-order valence-electron chi connectivity index (χ3n) is 5.62. The van der Waals surface area contributed by atoms with E-state index in [1.54, 1.807) is 18.2 Å². The molecule has 1 heterocycles. The fourth-order valence-electron chi connectivity index (χ4n) is 4.02. The number of methoxy groups -OCH3 is 1. The Kier molecular flexibility index (Phi) is 5.36. The Bertz CT molecular complexity index is 1030. The molecule has 2 N–H and O–H groups in total. The SMILES string of the molecule is COC(=O)c1cc2ccccc2c(C[NH+]2CCN(c3ccc(F)cc3)CC2)c1O. The van der Waals surface area contributed by atoms with Crippen LogP contribution in [0.5, 0.6) is 5.75 Å². The summed E-state index contributed by atoms with van der Waals surface area (Å²) >= 11 is 0. The molecule has 0 atom stereocenters. The second-order valence-corrected chi connectivity index (χ2v) is 7.35. The molecular formula is C23H24FN2O3+. The van der Waals surface area contributed by atoms with E-state index < -0.39 is 5.97 Å². The fourth-order valence-corrected chi connectivity index (χ4v) is 4.02. The summed E-state index contributed by atoms with van der Waals surface area (Å²) in [6.07, 6.45) is 0. The van der Waals surface area contributed by atoms with E-state index in [1.165, 1.54) is 24.1 Å². The van der Waals surface area contributed by atoms with Crippen molar-refractivity contribution in [3.63, 3.8) is 0 Å². The third kappa shape index (κ3) is 3.89. The normalized spacial score (nSPS) is 14.9. The molecule has 0 radical (unpaired) electrons. The van der Waals surface area contributed by atoms with Crippen LogP contribution in [0.2, 0.25) is 0 Å². The van der Waals surface area contributed by atoms with Crippen LogP contribution in [0.15, 0.2) is 54.6 Å². The number of carbonyl (C=O) groups excluding carboxylic acids is 1. The van der Waals surface area contributed by atoms with Gasteiger partial charge in [-0.15, -0.1) is 0 Å². The number of carbonyl (C=O) groups is 1. The number of hydrogen-bond acceptors (Lipinski definition) is 4. The number of nitrogens with zero attached hydrogens (tertiary/aromatic N) is 1. The van der Waals surface area contributed by atoms with Gasteiger partial charge in [-0.25, -0.2) is 9.18 Å². The summed E-state index contributed by atoms with van der Waals surface area (Å²) in [7, 11) is 1.32. The van der Waals surface area contributed by atoms with Gasteiger partial charge in [0.2, 0.25) is 0 Å².